The van der Waals surface area contributed by atoms with E-state index >= 15 is 0 Å². The molecule has 1 N–H and O–H groups in total. The highest BCUT2D eigenvalue weighted by Gasteiger charge is 2.08. The summed E-state index contributed by atoms with van der Waals surface area (Å²) < 4.78 is 5.71. The van der Waals surface area contributed by atoms with E-state index in [9.17, 15) is 4.79 Å². The number of aromatic nitrogens is 2. The van der Waals surface area contributed by atoms with Gasteiger partial charge in [-0.05, 0) is 30.7 Å². The number of amides is 1. The molecule has 1 aromatic carbocycles. The van der Waals surface area contributed by atoms with E-state index in [4.69, 9.17) is 4.74 Å². The van der Waals surface area contributed by atoms with E-state index in [0.717, 1.165) is 22.0 Å². The van der Waals surface area contributed by atoms with Crippen molar-refractivity contribution in [3.8, 4) is 5.75 Å². The average Bonchev–Trinajstić information content (AvgIpc) is 3.08. The molecule has 0 aliphatic rings. The van der Waals surface area contributed by atoms with Gasteiger partial charge in [0.2, 0.25) is 5.91 Å². The number of aryl methyl sites for hydroxylation is 1. The minimum Gasteiger partial charge on any atom is -0.486 e. The van der Waals surface area contributed by atoms with Crippen LogP contribution < -0.4 is 10.1 Å². The molecule has 2 heterocycles. The number of nitrogens with zero attached hydrogens (tertiary/aromatic N) is 2. The smallest absolute Gasteiger partial charge is 0.226 e. The van der Waals surface area contributed by atoms with Crippen molar-refractivity contribution < 1.29 is 9.53 Å². The average molecular weight is 353 g/mol. The van der Waals surface area contributed by atoms with Crippen LogP contribution in [0.5, 0.6) is 5.75 Å². The highest BCUT2D eigenvalue weighted by atomic mass is 32.1. The summed E-state index contributed by atoms with van der Waals surface area (Å²) in [4.78, 5) is 20.5. The number of hydrogen-bond acceptors (Lipinski definition) is 5. The van der Waals surface area contributed by atoms with Crippen LogP contribution >= 0.6 is 11.3 Å². The minimum absolute atomic E-state index is 0.0554. The molecule has 3 aromatic rings. The number of thiazole rings is 1. The first kappa shape index (κ1) is 17.1. The van der Waals surface area contributed by atoms with Crippen LogP contribution in [-0.2, 0) is 24.4 Å². The molecule has 0 fully saturated rings. The van der Waals surface area contributed by atoms with Gasteiger partial charge in [0.1, 0.15) is 17.4 Å². The van der Waals surface area contributed by atoms with E-state index in [1.54, 1.807) is 12.4 Å². The summed E-state index contributed by atoms with van der Waals surface area (Å²) in [6.07, 6.45) is 3.71. The Kier molecular flexibility index (Phi) is 5.74. The van der Waals surface area contributed by atoms with Crippen LogP contribution in [0.2, 0.25) is 0 Å². The van der Waals surface area contributed by atoms with Crippen LogP contribution in [0, 0.1) is 6.92 Å². The molecule has 0 saturated carbocycles. The second kappa shape index (κ2) is 8.39. The zero-order valence-corrected chi connectivity index (χ0v) is 14.8. The van der Waals surface area contributed by atoms with Gasteiger partial charge in [0.25, 0.3) is 0 Å². The lowest BCUT2D eigenvalue weighted by Gasteiger charge is -2.04. The lowest BCUT2D eigenvalue weighted by Crippen LogP contribution is -2.24. The highest BCUT2D eigenvalue weighted by molar-refractivity contribution is 7.09. The van der Waals surface area contributed by atoms with Gasteiger partial charge in [0.15, 0.2) is 0 Å². The van der Waals surface area contributed by atoms with Crippen LogP contribution in [0.4, 0.5) is 0 Å². The van der Waals surface area contributed by atoms with E-state index in [0.29, 0.717) is 13.2 Å². The summed E-state index contributed by atoms with van der Waals surface area (Å²) in [5.41, 5.74) is 2.93. The number of benzene rings is 1. The fourth-order valence-corrected chi connectivity index (χ4v) is 2.91. The first-order valence-corrected chi connectivity index (χ1v) is 8.85. The molecule has 0 spiro atoms. The summed E-state index contributed by atoms with van der Waals surface area (Å²) in [6.45, 7) is 2.92. The number of rotatable bonds is 7. The Labute approximate surface area is 150 Å². The molecule has 0 bridgehead atoms. The monoisotopic (exact) mass is 353 g/mol. The molecule has 6 heteroatoms. The molecule has 0 radical (unpaired) electrons. The van der Waals surface area contributed by atoms with Gasteiger partial charge in [-0.3, -0.25) is 9.78 Å². The quantitative estimate of drug-likeness (QED) is 0.708. The van der Waals surface area contributed by atoms with Crippen LogP contribution in [0.15, 0.2) is 54.2 Å². The number of carbonyl (C=O) groups is 1. The highest BCUT2D eigenvalue weighted by Crippen LogP contribution is 2.16. The van der Waals surface area contributed by atoms with E-state index < -0.39 is 0 Å². The van der Waals surface area contributed by atoms with Gasteiger partial charge in [0, 0.05) is 24.3 Å². The standard InChI is InChI=1S/C19H19N3O2S/c1-14-4-6-17(7-5-14)24-12-19-22-16(13-25-19)9-18(23)21-11-15-3-2-8-20-10-15/h2-8,10,13H,9,11-12H2,1H3,(H,21,23). The van der Waals surface area contributed by atoms with E-state index in [-0.39, 0.29) is 12.3 Å². The third-order valence-corrected chi connectivity index (χ3v) is 4.41. The predicted octanol–water partition coefficient (Wildman–Crippen LogP) is 3.28. The third-order valence-electron chi connectivity index (χ3n) is 3.54. The maximum absolute atomic E-state index is 12.0. The molecule has 3 rings (SSSR count). The van der Waals surface area contributed by atoms with Crippen LogP contribution in [-0.4, -0.2) is 15.9 Å². The van der Waals surface area contributed by atoms with Crippen LogP contribution in [0.3, 0.4) is 0 Å². The zero-order valence-electron chi connectivity index (χ0n) is 13.9. The molecule has 5 nitrogen and oxygen atoms in total. The molecular formula is C19H19N3O2S. The fourth-order valence-electron chi connectivity index (χ4n) is 2.21. The molecule has 2 aromatic heterocycles. The second-order valence-electron chi connectivity index (χ2n) is 5.65. The first-order chi connectivity index (χ1) is 12.2. The topological polar surface area (TPSA) is 64.1 Å². The normalized spacial score (nSPS) is 10.4. The van der Waals surface area contributed by atoms with Crippen LogP contribution in [0.25, 0.3) is 0 Å². The van der Waals surface area contributed by atoms with Gasteiger partial charge in [-0.15, -0.1) is 11.3 Å². The van der Waals surface area contributed by atoms with Crippen molar-refractivity contribution in [1.29, 1.82) is 0 Å². The summed E-state index contributed by atoms with van der Waals surface area (Å²) >= 11 is 1.50. The zero-order chi connectivity index (χ0) is 17.5. The number of nitrogens with one attached hydrogen (secondary N) is 1. The summed E-state index contributed by atoms with van der Waals surface area (Å²) in [5, 5.41) is 5.63. The summed E-state index contributed by atoms with van der Waals surface area (Å²) in [6, 6.07) is 11.7. The van der Waals surface area contributed by atoms with Gasteiger partial charge >= 0.3 is 0 Å². The number of ether oxygens (including phenoxy) is 1. The van der Waals surface area contributed by atoms with Crippen molar-refractivity contribution in [3.05, 3.63) is 76.0 Å². The molecule has 1 amide bonds. The fraction of sp³-hybridized carbons (Fsp3) is 0.211. The molecule has 0 atom stereocenters. The maximum Gasteiger partial charge on any atom is 0.226 e. The number of pyridine rings is 1. The van der Waals surface area contributed by atoms with Crippen molar-refractivity contribution in [3.63, 3.8) is 0 Å². The van der Waals surface area contributed by atoms with Gasteiger partial charge in [-0.25, -0.2) is 4.98 Å². The molecular weight excluding hydrogens is 334 g/mol. The third kappa shape index (κ3) is 5.39. The Morgan fingerprint density at radius 3 is 2.84 bits per heavy atom. The van der Waals surface area contributed by atoms with Gasteiger partial charge < -0.3 is 10.1 Å². The molecule has 25 heavy (non-hydrogen) atoms. The molecule has 0 aliphatic heterocycles. The first-order valence-electron chi connectivity index (χ1n) is 7.97. The van der Waals surface area contributed by atoms with Crippen molar-refractivity contribution in [1.82, 2.24) is 15.3 Å². The van der Waals surface area contributed by atoms with Gasteiger partial charge in [-0.1, -0.05) is 23.8 Å². The number of hydrogen-bond donors (Lipinski definition) is 1. The minimum atomic E-state index is -0.0554. The number of carbonyl (C=O) groups excluding carboxylic acids is 1. The molecule has 128 valence electrons. The van der Waals surface area contributed by atoms with Crippen molar-refractivity contribution in [2.45, 2.75) is 26.5 Å². The van der Waals surface area contributed by atoms with Crippen molar-refractivity contribution in [2.75, 3.05) is 0 Å². The Hall–Kier alpha value is -2.73. The predicted molar refractivity (Wildman–Crippen MR) is 97.4 cm³/mol. The van der Waals surface area contributed by atoms with Gasteiger partial charge in [0.05, 0.1) is 12.1 Å². The Morgan fingerprint density at radius 2 is 2.08 bits per heavy atom. The lowest BCUT2D eigenvalue weighted by atomic mass is 10.2. The lowest BCUT2D eigenvalue weighted by molar-refractivity contribution is -0.120. The molecule has 0 aliphatic carbocycles. The molecule has 0 unspecified atom stereocenters. The van der Waals surface area contributed by atoms with E-state index in [1.807, 2.05) is 48.7 Å². The Morgan fingerprint density at radius 1 is 1.24 bits per heavy atom. The second-order valence-corrected chi connectivity index (χ2v) is 6.59. The van der Waals surface area contributed by atoms with Crippen molar-refractivity contribution >= 4 is 17.2 Å². The largest absolute Gasteiger partial charge is 0.486 e. The maximum atomic E-state index is 12.0. The Balaban J connectivity index is 1.46. The summed E-state index contributed by atoms with van der Waals surface area (Å²) in [5.74, 6) is 0.761. The van der Waals surface area contributed by atoms with E-state index in [1.165, 1.54) is 16.9 Å². The van der Waals surface area contributed by atoms with Crippen molar-refractivity contribution in [2.24, 2.45) is 0 Å². The Bertz CT molecular complexity index is 816. The van der Waals surface area contributed by atoms with E-state index in [2.05, 4.69) is 15.3 Å². The van der Waals surface area contributed by atoms with Gasteiger partial charge in [-0.2, -0.15) is 0 Å². The van der Waals surface area contributed by atoms with Crippen LogP contribution in [0.1, 0.15) is 21.8 Å². The molecule has 0 saturated heterocycles. The summed E-state index contributed by atoms with van der Waals surface area (Å²) in [7, 11) is 0. The SMILES string of the molecule is Cc1ccc(OCc2nc(CC(=O)NCc3cccnc3)cs2)cc1.